The van der Waals surface area contributed by atoms with E-state index in [-0.39, 0.29) is 5.91 Å². The summed E-state index contributed by atoms with van der Waals surface area (Å²) in [5.74, 6) is 0.341. The second-order valence-corrected chi connectivity index (χ2v) is 6.76. The molecular formula is C20H39NOS. The van der Waals surface area contributed by atoms with Crippen LogP contribution in [-0.4, -0.2) is 18.2 Å². The van der Waals surface area contributed by atoms with Gasteiger partial charge >= 0.3 is 0 Å². The van der Waals surface area contributed by atoms with Crippen LogP contribution >= 0.6 is 12.6 Å². The number of unbranched alkanes of at least 4 members (excludes halogenated alkanes) is 12. The van der Waals surface area contributed by atoms with Crippen LogP contribution in [0.1, 0.15) is 96.8 Å². The highest BCUT2D eigenvalue weighted by atomic mass is 32.1. The lowest BCUT2D eigenvalue weighted by Crippen LogP contribution is -2.25. The molecule has 3 heteroatoms. The molecule has 0 saturated carbocycles. The molecule has 0 rings (SSSR count). The Morgan fingerprint density at radius 3 is 1.78 bits per heavy atom. The number of carbonyl (C=O) groups is 1. The maximum Gasteiger partial charge on any atom is 0.229 e. The van der Waals surface area contributed by atoms with E-state index in [0.29, 0.717) is 5.75 Å². The van der Waals surface area contributed by atoms with E-state index < -0.39 is 0 Å². The van der Waals surface area contributed by atoms with Gasteiger partial charge in [0, 0.05) is 6.54 Å². The van der Waals surface area contributed by atoms with E-state index in [0.717, 1.165) is 13.0 Å². The molecule has 0 aliphatic carbocycles. The summed E-state index contributed by atoms with van der Waals surface area (Å²) in [6.45, 7) is 3.08. The van der Waals surface area contributed by atoms with Crippen LogP contribution in [0.25, 0.3) is 0 Å². The van der Waals surface area contributed by atoms with Crippen LogP contribution in [-0.2, 0) is 4.79 Å². The minimum Gasteiger partial charge on any atom is -0.355 e. The van der Waals surface area contributed by atoms with Crippen molar-refractivity contribution in [3.63, 3.8) is 0 Å². The first-order chi connectivity index (χ1) is 11.3. The lowest BCUT2D eigenvalue weighted by Gasteiger charge is -2.03. The van der Waals surface area contributed by atoms with Gasteiger partial charge in [0.25, 0.3) is 0 Å². The average molecular weight is 342 g/mol. The van der Waals surface area contributed by atoms with E-state index in [4.69, 9.17) is 0 Å². The zero-order valence-corrected chi connectivity index (χ0v) is 16.2. The van der Waals surface area contributed by atoms with E-state index in [2.05, 4.69) is 37.0 Å². The van der Waals surface area contributed by atoms with Crippen molar-refractivity contribution >= 4 is 18.5 Å². The third kappa shape index (κ3) is 19.5. The second kappa shape index (κ2) is 19.6. The minimum atomic E-state index is 0.0427. The Bertz CT molecular complexity index is 279. The SMILES string of the molecule is CCCCCCCCC=CCCCCCCCCNC(=O)CS. The third-order valence-electron chi connectivity index (χ3n) is 4.15. The average Bonchev–Trinajstić information content (AvgIpc) is 2.57. The van der Waals surface area contributed by atoms with Crippen molar-refractivity contribution in [2.24, 2.45) is 0 Å². The number of amides is 1. The maximum atomic E-state index is 11.0. The van der Waals surface area contributed by atoms with E-state index in [1.807, 2.05) is 0 Å². The van der Waals surface area contributed by atoms with Crippen molar-refractivity contribution in [3.8, 4) is 0 Å². The largest absolute Gasteiger partial charge is 0.355 e. The molecule has 1 amide bonds. The van der Waals surface area contributed by atoms with Gasteiger partial charge in [-0.25, -0.2) is 0 Å². The van der Waals surface area contributed by atoms with Gasteiger partial charge in [-0.15, -0.1) is 0 Å². The fourth-order valence-electron chi connectivity index (χ4n) is 2.66. The molecule has 0 fully saturated rings. The van der Waals surface area contributed by atoms with Crippen molar-refractivity contribution in [2.45, 2.75) is 96.8 Å². The number of hydrogen-bond acceptors (Lipinski definition) is 2. The number of hydrogen-bond donors (Lipinski definition) is 2. The van der Waals surface area contributed by atoms with Gasteiger partial charge in [-0.2, -0.15) is 12.6 Å². The smallest absolute Gasteiger partial charge is 0.229 e. The van der Waals surface area contributed by atoms with Gasteiger partial charge < -0.3 is 5.32 Å². The summed E-state index contributed by atoms with van der Waals surface area (Å²) in [4.78, 5) is 11.0. The molecule has 0 atom stereocenters. The molecular weight excluding hydrogens is 302 g/mol. The second-order valence-electron chi connectivity index (χ2n) is 6.45. The van der Waals surface area contributed by atoms with Crippen LogP contribution in [0, 0.1) is 0 Å². The zero-order chi connectivity index (χ0) is 17.0. The molecule has 0 aromatic rings. The van der Waals surface area contributed by atoms with Crippen LogP contribution < -0.4 is 5.32 Å². The summed E-state index contributed by atoms with van der Waals surface area (Å²) in [5, 5.41) is 2.86. The Morgan fingerprint density at radius 1 is 0.783 bits per heavy atom. The number of rotatable bonds is 17. The first-order valence-corrected chi connectivity index (χ1v) is 10.5. The van der Waals surface area contributed by atoms with Crippen LogP contribution in [0.3, 0.4) is 0 Å². The highest BCUT2D eigenvalue weighted by Gasteiger charge is 1.95. The summed E-state index contributed by atoms with van der Waals surface area (Å²) in [6, 6.07) is 0. The number of allylic oxidation sites excluding steroid dienone is 2. The third-order valence-corrected chi connectivity index (χ3v) is 4.44. The highest BCUT2D eigenvalue weighted by Crippen LogP contribution is 2.09. The molecule has 0 aliphatic heterocycles. The van der Waals surface area contributed by atoms with Crippen molar-refractivity contribution < 1.29 is 4.79 Å². The molecule has 2 nitrogen and oxygen atoms in total. The summed E-state index contributed by atoms with van der Waals surface area (Å²) in [5.41, 5.74) is 0. The monoisotopic (exact) mass is 341 g/mol. The zero-order valence-electron chi connectivity index (χ0n) is 15.3. The molecule has 0 aromatic heterocycles. The van der Waals surface area contributed by atoms with E-state index >= 15 is 0 Å². The van der Waals surface area contributed by atoms with Crippen molar-refractivity contribution in [1.82, 2.24) is 5.32 Å². The van der Waals surface area contributed by atoms with Crippen LogP contribution in [0.4, 0.5) is 0 Å². The molecule has 136 valence electrons. The van der Waals surface area contributed by atoms with Crippen LogP contribution in [0.2, 0.25) is 0 Å². The molecule has 0 aromatic carbocycles. The van der Waals surface area contributed by atoms with Gasteiger partial charge in [0.15, 0.2) is 0 Å². The van der Waals surface area contributed by atoms with Crippen molar-refractivity contribution in [2.75, 3.05) is 12.3 Å². The molecule has 0 spiro atoms. The van der Waals surface area contributed by atoms with Gasteiger partial charge in [0.1, 0.15) is 0 Å². The molecule has 0 aliphatic rings. The van der Waals surface area contributed by atoms with Gasteiger partial charge in [0.05, 0.1) is 5.75 Å². The number of carbonyl (C=O) groups excluding carboxylic acids is 1. The Kier molecular flexibility index (Phi) is 19.2. The summed E-state index contributed by atoms with van der Waals surface area (Å²) >= 11 is 3.93. The van der Waals surface area contributed by atoms with Gasteiger partial charge in [-0.05, 0) is 32.1 Å². The molecule has 0 heterocycles. The van der Waals surface area contributed by atoms with Crippen molar-refractivity contribution in [1.29, 1.82) is 0 Å². The standard InChI is InChI=1S/C20H39NOS/c1-2-3-4-5-6-7-8-9-10-11-12-13-14-15-16-17-18-21-20(22)19-23/h9-10,23H,2-8,11-19H2,1H3,(H,21,22). The molecule has 0 radical (unpaired) electrons. The van der Waals surface area contributed by atoms with E-state index in [1.54, 1.807) is 0 Å². The van der Waals surface area contributed by atoms with E-state index in [1.165, 1.54) is 83.5 Å². The number of nitrogens with one attached hydrogen (secondary N) is 1. The molecule has 1 N–H and O–H groups in total. The van der Waals surface area contributed by atoms with Crippen molar-refractivity contribution in [3.05, 3.63) is 12.2 Å². The minimum absolute atomic E-state index is 0.0427. The molecule has 23 heavy (non-hydrogen) atoms. The molecule has 0 saturated heterocycles. The van der Waals surface area contributed by atoms with Gasteiger partial charge in [0.2, 0.25) is 5.91 Å². The Hall–Kier alpha value is -0.440. The quantitative estimate of drug-likeness (QED) is 0.188. The molecule has 0 bridgehead atoms. The predicted molar refractivity (Wildman–Crippen MR) is 106 cm³/mol. The van der Waals surface area contributed by atoms with Crippen LogP contribution in [0.5, 0.6) is 0 Å². The van der Waals surface area contributed by atoms with Gasteiger partial charge in [-0.3, -0.25) is 4.79 Å². The van der Waals surface area contributed by atoms with E-state index in [9.17, 15) is 4.79 Å². The summed E-state index contributed by atoms with van der Waals surface area (Å²) in [6.07, 6.45) is 23.2. The normalized spacial score (nSPS) is 11.2. The Balaban J connectivity index is 3.09. The Labute approximate surface area is 150 Å². The maximum absolute atomic E-state index is 11.0. The Morgan fingerprint density at radius 2 is 1.26 bits per heavy atom. The lowest BCUT2D eigenvalue weighted by molar-refractivity contribution is -0.118. The number of thiol groups is 1. The lowest BCUT2D eigenvalue weighted by atomic mass is 10.1. The first-order valence-electron chi connectivity index (χ1n) is 9.83. The van der Waals surface area contributed by atoms with Gasteiger partial charge in [-0.1, -0.05) is 76.9 Å². The topological polar surface area (TPSA) is 29.1 Å². The fraction of sp³-hybridized carbons (Fsp3) is 0.850. The summed E-state index contributed by atoms with van der Waals surface area (Å²) in [7, 11) is 0. The molecule has 0 unspecified atom stereocenters. The highest BCUT2D eigenvalue weighted by molar-refractivity contribution is 7.81. The van der Waals surface area contributed by atoms with Crippen LogP contribution in [0.15, 0.2) is 12.2 Å². The summed E-state index contributed by atoms with van der Waals surface area (Å²) < 4.78 is 0. The predicted octanol–water partition coefficient (Wildman–Crippen LogP) is 6.07. The first kappa shape index (κ1) is 22.6. The fourth-order valence-corrected chi connectivity index (χ4v) is 2.77.